The van der Waals surface area contributed by atoms with Crippen LogP contribution in [0.25, 0.3) is 0 Å². The Bertz CT molecular complexity index is 977. The lowest BCUT2D eigenvalue weighted by Crippen LogP contribution is -2.38. The Balaban J connectivity index is 1.25. The van der Waals surface area contributed by atoms with Crippen LogP contribution in [0.2, 0.25) is 0 Å². The Kier molecular flexibility index (Phi) is 6.71. The first-order valence-electron chi connectivity index (χ1n) is 9.98. The van der Waals surface area contributed by atoms with Crippen molar-refractivity contribution in [1.29, 1.82) is 0 Å². The van der Waals surface area contributed by atoms with Crippen molar-refractivity contribution >= 4 is 33.7 Å². The predicted molar refractivity (Wildman–Crippen MR) is 120 cm³/mol. The summed E-state index contributed by atoms with van der Waals surface area (Å²) in [6, 6.07) is 8.07. The number of hydrogen-bond donors (Lipinski definition) is 1. The van der Waals surface area contributed by atoms with Gasteiger partial charge < -0.3 is 10.1 Å². The average molecular weight is 444 g/mol. The summed E-state index contributed by atoms with van der Waals surface area (Å²) in [6.07, 6.45) is 2.79. The van der Waals surface area contributed by atoms with Crippen LogP contribution in [0.15, 0.2) is 29.6 Å². The van der Waals surface area contributed by atoms with Crippen LogP contribution >= 0.6 is 22.7 Å². The number of anilines is 1. The molecule has 1 saturated heterocycles. The van der Waals surface area contributed by atoms with E-state index in [1.54, 1.807) is 18.4 Å². The number of ether oxygens (including phenoxy) is 1. The van der Waals surface area contributed by atoms with Gasteiger partial charge in [0.05, 0.1) is 19.3 Å². The van der Waals surface area contributed by atoms with Gasteiger partial charge >= 0.3 is 0 Å². The van der Waals surface area contributed by atoms with Crippen LogP contribution < -0.4 is 10.1 Å². The molecule has 0 radical (unpaired) electrons. The molecule has 3 aromatic rings. The van der Waals surface area contributed by atoms with Gasteiger partial charge in [-0.1, -0.05) is 12.1 Å². The molecule has 1 aliphatic heterocycles. The van der Waals surface area contributed by atoms with Crippen molar-refractivity contribution in [1.82, 2.24) is 20.1 Å². The lowest BCUT2D eigenvalue weighted by atomic mass is 9.98. The molecule has 1 aliphatic rings. The van der Waals surface area contributed by atoms with Crippen molar-refractivity contribution in [2.45, 2.75) is 32.1 Å². The fourth-order valence-corrected chi connectivity index (χ4v) is 5.28. The van der Waals surface area contributed by atoms with Gasteiger partial charge in [0, 0.05) is 17.7 Å². The largest absolute Gasteiger partial charge is 0.497 e. The van der Waals surface area contributed by atoms with Crippen LogP contribution in [0.4, 0.5) is 5.13 Å². The first-order chi connectivity index (χ1) is 14.6. The maximum Gasteiger partial charge on any atom is 0.240 e. The Labute approximate surface area is 184 Å². The van der Waals surface area contributed by atoms with E-state index in [4.69, 9.17) is 4.74 Å². The third-order valence-corrected chi connectivity index (χ3v) is 7.13. The highest BCUT2D eigenvalue weighted by atomic mass is 32.1. The average Bonchev–Trinajstić information content (AvgIpc) is 3.38. The number of methoxy groups -OCH3 is 1. The van der Waals surface area contributed by atoms with Crippen LogP contribution in [0.3, 0.4) is 0 Å². The number of likely N-dealkylation sites (tertiary alicyclic amines) is 1. The van der Waals surface area contributed by atoms with Gasteiger partial charge in [0.2, 0.25) is 5.91 Å². The number of aromatic nitrogens is 3. The summed E-state index contributed by atoms with van der Waals surface area (Å²) in [4.78, 5) is 18.7. The quantitative estimate of drug-likeness (QED) is 0.599. The number of carbonyl (C=O) groups is 1. The molecule has 0 spiro atoms. The maximum atomic E-state index is 12.2. The summed E-state index contributed by atoms with van der Waals surface area (Å²) in [5.41, 5.74) is 2.13. The van der Waals surface area contributed by atoms with E-state index in [-0.39, 0.29) is 5.91 Å². The molecule has 9 heteroatoms. The minimum Gasteiger partial charge on any atom is -0.497 e. The molecular weight excluding hydrogens is 418 g/mol. The molecule has 0 unspecified atom stereocenters. The van der Waals surface area contributed by atoms with Gasteiger partial charge in [-0.2, -0.15) is 0 Å². The number of thiazole rings is 1. The number of carbonyl (C=O) groups excluding carboxylic acids is 1. The Morgan fingerprint density at radius 1 is 1.23 bits per heavy atom. The number of rotatable bonds is 7. The van der Waals surface area contributed by atoms with E-state index in [0.29, 0.717) is 17.6 Å². The second-order valence-corrected chi connectivity index (χ2v) is 9.40. The van der Waals surface area contributed by atoms with E-state index >= 15 is 0 Å². The molecule has 0 aliphatic carbocycles. The number of benzene rings is 1. The summed E-state index contributed by atoms with van der Waals surface area (Å²) in [5, 5.41) is 16.5. The second kappa shape index (κ2) is 9.63. The minimum atomic E-state index is 0.000457. The van der Waals surface area contributed by atoms with Gasteiger partial charge in [0.1, 0.15) is 15.8 Å². The molecule has 7 nitrogen and oxygen atoms in total. The molecule has 1 N–H and O–H groups in total. The highest BCUT2D eigenvalue weighted by Gasteiger charge is 2.25. The third kappa shape index (κ3) is 5.41. The van der Waals surface area contributed by atoms with E-state index in [2.05, 4.69) is 37.5 Å². The standard InChI is InChI=1S/C21H25N5O2S2/c1-14-13-29-21(22-14)23-18(27)12-26-9-7-16(8-10-26)20-25-24-19(30-20)11-15-3-5-17(28-2)6-4-15/h3-6,13,16H,7-12H2,1-2H3,(H,22,23,27). The monoisotopic (exact) mass is 443 g/mol. The molecule has 3 heterocycles. The number of amides is 1. The van der Waals surface area contributed by atoms with Gasteiger partial charge in [0.15, 0.2) is 5.13 Å². The van der Waals surface area contributed by atoms with E-state index in [1.807, 2.05) is 24.4 Å². The Hall–Kier alpha value is -2.36. The molecule has 1 aromatic carbocycles. The summed E-state index contributed by atoms with van der Waals surface area (Å²) >= 11 is 3.17. The van der Waals surface area contributed by atoms with Crippen molar-refractivity contribution in [3.05, 3.63) is 50.9 Å². The van der Waals surface area contributed by atoms with Crippen LogP contribution in [-0.4, -0.2) is 52.7 Å². The predicted octanol–water partition coefficient (Wildman–Crippen LogP) is 3.72. The number of nitrogens with zero attached hydrogens (tertiary/aromatic N) is 4. The number of hydrogen-bond acceptors (Lipinski definition) is 8. The molecule has 2 aromatic heterocycles. The zero-order valence-electron chi connectivity index (χ0n) is 17.1. The third-order valence-electron chi connectivity index (χ3n) is 5.17. The molecule has 0 atom stereocenters. The maximum absolute atomic E-state index is 12.2. The summed E-state index contributed by atoms with van der Waals surface area (Å²) in [7, 11) is 1.67. The molecule has 158 valence electrons. The number of piperidine rings is 1. The molecule has 1 amide bonds. The molecule has 30 heavy (non-hydrogen) atoms. The zero-order valence-corrected chi connectivity index (χ0v) is 18.8. The van der Waals surface area contributed by atoms with Crippen LogP contribution in [0.1, 0.15) is 40.0 Å². The van der Waals surface area contributed by atoms with E-state index < -0.39 is 0 Å². The van der Waals surface area contributed by atoms with Crippen LogP contribution in [0.5, 0.6) is 5.75 Å². The van der Waals surface area contributed by atoms with Gasteiger partial charge in [-0.3, -0.25) is 9.69 Å². The molecule has 0 bridgehead atoms. The van der Waals surface area contributed by atoms with Gasteiger partial charge in [0.25, 0.3) is 0 Å². The number of nitrogens with one attached hydrogen (secondary N) is 1. The van der Waals surface area contributed by atoms with Crippen molar-refractivity contribution in [2.75, 3.05) is 32.1 Å². The minimum absolute atomic E-state index is 0.000457. The van der Waals surface area contributed by atoms with Crippen molar-refractivity contribution in [3.63, 3.8) is 0 Å². The summed E-state index contributed by atoms with van der Waals surface area (Å²) < 4.78 is 5.21. The zero-order chi connectivity index (χ0) is 20.9. The molecule has 4 rings (SSSR count). The van der Waals surface area contributed by atoms with Crippen LogP contribution in [0, 0.1) is 6.92 Å². The molecular formula is C21H25N5O2S2. The van der Waals surface area contributed by atoms with E-state index in [1.165, 1.54) is 16.9 Å². The smallest absolute Gasteiger partial charge is 0.240 e. The van der Waals surface area contributed by atoms with Crippen LogP contribution in [-0.2, 0) is 11.2 Å². The second-order valence-electron chi connectivity index (χ2n) is 7.45. The summed E-state index contributed by atoms with van der Waals surface area (Å²) in [5.74, 6) is 1.28. The first kappa shape index (κ1) is 20.9. The lowest BCUT2D eigenvalue weighted by molar-refractivity contribution is -0.117. The SMILES string of the molecule is COc1ccc(Cc2nnc(C3CCN(CC(=O)Nc4nc(C)cs4)CC3)s2)cc1. The van der Waals surface area contributed by atoms with Gasteiger partial charge in [-0.05, 0) is 50.6 Å². The molecule has 0 saturated carbocycles. The number of aryl methyl sites for hydroxylation is 1. The highest BCUT2D eigenvalue weighted by Crippen LogP contribution is 2.31. The fourth-order valence-electron chi connectivity index (χ4n) is 3.53. The van der Waals surface area contributed by atoms with Crippen molar-refractivity contribution in [3.8, 4) is 5.75 Å². The molecule has 1 fully saturated rings. The Morgan fingerprint density at radius 2 is 2.00 bits per heavy atom. The topological polar surface area (TPSA) is 80.2 Å². The Morgan fingerprint density at radius 3 is 2.67 bits per heavy atom. The van der Waals surface area contributed by atoms with Gasteiger partial charge in [-0.15, -0.1) is 32.9 Å². The first-order valence-corrected chi connectivity index (χ1v) is 11.7. The lowest BCUT2D eigenvalue weighted by Gasteiger charge is -2.30. The summed E-state index contributed by atoms with van der Waals surface area (Å²) in [6.45, 7) is 4.11. The fraction of sp³-hybridized carbons (Fsp3) is 0.429. The van der Waals surface area contributed by atoms with Crippen molar-refractivity contribution in [2.24, 2.45) is 0 Å². The van der Waals surface area contributed by atoms with E-state index in [0.717, 1.165) is 53.8 Å². The normalized spacial score (nSPS) is 15.3. The van der Waals surface area contributed by atoms with Gasteiger partial charge in [-0.25, -0.2) is 4.98 Å². The van der Waals surface area contributed by atoms with Crippen molar-refractivity contribution < 1.29 is 9.53 Å². The van der Waals surface area contributed by atoms with E-state index in [9.17, 15) is 4.79 Å². The highest BCUT2D eigenvalue weighted by molar-refractivity contribution is 7.14.